The first-order chi connectivity index (χ1) is 9.60. The van der Waals surface area contributed by atoms with Gasteiger partial charge >= 0.3 is 0 Å². The van der Waals surface area contributed by atoms with E-state index in [2.05, 4.69) is 10.5 Å². The molecule has 1 aromatic heterocycles. The molecule has 7 nitrogen and oxygen atoms in total. The first-order valence-corrected chi connectivity index (χ1v) is 6.04. The maximum atomic E-state index is 10.8. The highest BCUT2D eigenvalue weighted by atomic mass is 16.6. The predicted octanol–water partition coefficient (Wildman–Crippen LogP) is 2.19. The molecule has 0 radical (unpaired) electrons. The van der Waals surface area contributed by atoms with Gasteiger partial charge in [0, 0.05) is 30.3 Å². The number of hydrogen-bond acceptors (Lipinski definition) is 6. The first-order valence-electron chi connectivity index (χ1n) is 6.04. The fraction of sp³-hybridized carbons (Fsp3) is 0.308. The molecule has 7 heteroatoms. The lowest BCUT2D eigenvalue weighted by atomic mass is 10.1. The molecule has 1 aromatic carbocycles. The number of hydrogen-bond donors (Lipinski definition) is 1. The van der Waals surface area contributed by atoms with E-state index >= 15 is 0 Å². The second-order valence-corrected chi connectivity index (χ2v) is 4.29. The zero-order chi connectivity index (χ0) is 14.5. The third kappa shape index (κ3) is 3.33. The lowest BCUT2D eigenvalue weighted by Crippen LogP contribution is -2.13. The van der Waals surface area contributed by atoms with Crippen LogP contribution >= 0.6 is 0 Å². The average Bonchev–Trinajstić information content (AvgIpc) is 2.84. The molecule has 0 aliphatic heterocycles. The van der Waals surface area contributed by atoms with Gasteiger partial charge in [0.1, 0.15) is 5.75 Å². The first kappa shape index (κ1) is 14.0. The molecule has 1 heterocycles. The van der Waals surface area contributed by atoms with Gasteiger partial charge in [-0.1, -0.05) is 5.16 Å². The molecular formula is C13H15N3O4. The molecule has 0 bridgehead atoms. The minimum Gasteiger partial charge on any atom is -0.496 e. The van der Waals surface area contributed by atoms with Crippen LogP contribution in [-0.2, 0) is 13.1 Å². The summed E-state index contributed by atoms with van der Waals surface area (Å²) in [6.07, 6.45) is 0. The number of rotatable bonds is 6. The lowest BCUT2D eigenvalue weighted by Gasteiger charge is -2.08. The molecule has 0 amide bonds. The van der Waals surface area contributed by atoms with Gasteiger partial charge in [0.2, 0.25) is 0 Å². The van der Waals surface area contributed by atoms with Crippen LogP contribution in [-0.4, -0.2) is 17.2 Å². The molecule has 2 aromatic rings. The topological polar surface area (TPSA) is 90.4 Å². The number of methoxy groups -OCH3 is 1. The van der Waals surface area contributed by atoms with Crippen molar-refractivity contribution in [2.45, 2.75) is 20.0 Å². The second-order valence-electron chi connectivity index (χ2n) is 4.29. The molecule has 0 saturated carbocycles. The molecule has 2 rings (SSSR count). The summed E-state index contributed by atoms with van der Waals surface area (Å²) in [5.74, 6) is 1.32. The summed E-state index contributed by atoms with van der Waals surface area (Å²) in [4.78, 5) is 10.3. The third-order valence-corrected chi connectivity index (χ3v) is 2.77. The summed E-state index contributed by atoms with van der Waals surface area (Å²) >= 11 is 0. The minimum absolute atomic E-state index is 0.0399. The van der Waals surface area contributed by atoms with Crippen LogP contribution in [0.5, 0.6) is 5.75 Å². The van der Waals surface area contributed by atoms with Crippen molar-refractivity contribution < 1.29 is 14.2 Å². The molecule has 0 spiro atoms. The van der Waals surface area contributed by atoms with E-state index in [4.69, 9.17) is 9.26 Å². The number of nitrogens with one attached hydrogen (secondary N) is 1. The van der Waals surface area contributed by atoms with Crippen LogP contribution in [0.25, 0.3) is 0 Å². The molecule has 0 aliphatic carbocycles. The smallest absolute Gasteiger partial charge is 0.270 e. The van der Waals surface area contributed by atoms with Gasteiger partial charge in [-0.05, 0) is 13.0 Å². The van der Waals surface area contributed by atoms with Gasteiger partial charge in [0.15, 0.2) is 5.76 Å². The van der Waals surface area contributed by atoms with E-state index in [-0.39, 0.29) is 5.69 Å². The van der Waals surface area contributed by atoms with Crippen molar-refractivity contribution >= 4 is 5.69 Å². The molecule has 0 fully saturated rings. The fourth-order valence-electron chi connectivity index (χ4n) is 1.84. The van der Waals surface area contributed by atoms with Crippen LogP contribution in [0, 0.1) is 17.0 Å². The van der Waals surface area contributed by atoms with Gasteiger partial charge in [0.05, 0.1) is 24.3 Å². The Kier molecular flexibility index (Phi) is 4.31. The Balaban J connectivity index is 2.03. The third-order valence-electron chi connectivity index (χ3n) is 2.77. The quantitative estimate of drug-likeness (QED) is 0.643. The SMILES string of the molecule is COc1ccc([N+](=O)[O-])cc1CNCc1cc(C)no1. The summed E-state index contributed by atoms with van der Waals surface area (Å²) < 4.78 is 10.3. The van der Waals surface area contributed by atoms with Gasteiger partial charge in [-0.25, -0.2) is 0 Å². The minimum atomic E-state index is -0.428. The Labute approximate surface area is 115 Å². The van der Waals surface area contributed by atoms with Crippen LogP contribution < -0.4 is 10.1 Å². The highest BCUT2D eigenvalue weighted by molar-refractivity contribution is 5.43. The number of aryl methyl sites for hydroxylation is 1. The summed E-state index contributed by atoms with van der Waals surface area (Å²) in [5, 5.41) is 17.7. The van der Waals surface area contributed by atoms with Crippen molar-refractivity contribution in [3.05, 3.63) is 51.4 Å². The number of nitro benzene ring substituents is 1. The zero-order valence-corrected chi connectivity index (χ0v) is 11.3. The maximum Gasteiger partial charge on any atom is 0.270 e. The Morgan fingerprint density at radius 1 is 1.40 bits per heavy atom. The summed E-state index contributed by atoms with van der Waals surface area (Å²) in [6, 6.07) is 6.34. The maximum absolute atomic E-state index is 10.8. The van der Waals surface area contributed by atoms with E-state index in [1.807, 2.05) is 13.0 Å². The average molecular weight is 277 g/mol. The van der Waals surface area contributed by atoms with E-state index in [0.29, 0.717) is 24.6 Å². The monoisotopic (exact) mass is 277 g/mol. The molecule has 0 aliphatic rings. The summed E-state index contributed by atoms with van der Waals surface area (Å²) in [5.41, 5.74) is 1.57. The Hall–Kier alpha value is -2.41. The number of nitrogens with zero attached hydrogens (tertiary/aromatic N) is 2. The summed E-state index contributed by atoms with van der Waals surface area (Å²) in [6.45, 7) is 2.77. The van der Waals surface area contributed by atoms with E-state index in [1.165, 1.54) is 19.2 Å². The van der Waals surface area contributed by atoms with Crippen LogP contribution in [0.1, 0.15) is 17.0 Å². The molecule has 1 N–H and O–H groups in total. The van der Waals surface area contributed by atoms with Crippen molar-refractivity contribution in [2.75, 3.05) is 7.11 Å². The number of benzene rings is 1. The highest BCUT2D eigenvalue weighted by Crippen LogP contribution is 2.23. The number of aromatic nitrogens is 1. The molecular weight excluding hydrogens is 262 g/mol. The number of nitro groups is 1. The molecule has 20 heavy (non-hydrogen) atoms. The van der Waals surface area contributed by atoms with Gasteiger partial charge in [-0.15, -0.1) is 0 Å². The lowest BCUT2D eigenvalue weighted by molar-refractivity contribution is -0.384. The number of non-ortho nitro benzene ring substituents is 1. The predicted molar refractivity (Wildman–Crippen MR) is 71.4 cm³/mol. The zero-order valence-electron chi connectivity index (χ0n) is 11.3. The largest absolute Gasteiger partial charge is 0.496 e. The van der Waals surface area contributed by atoms with Crippen LogP contribution in [0.3, 0.4) is 0 Å². The Bertz CT molecular complexity index is 609. The highest BCUT2D eigenvalue weighted by Gasteiger charge is 2.11. The van der Waals surface area contributed by atoms with Crippen molar-refractivity contribution in [3.63, 3.8) is 0 Å². The van der Waals surface area contributed by atoms with E-state index < -0.39 is 4.92 Å². The molecule has 0 unspecified atom stereocenters. The van der Waals surface area contributed by atoms with E-state index in [9.17, 15) is 10.1 Å². The summed E-state index contributed by atoms with van der Waals surface area (Å²) in [7, 11) is 1.53. The second kappa shape index (κ2) is 6.16. The van der Waals surface area contributed by atoms with E-state index in [1.54, 1.807) is 6.07 Å². The normalized spacial score (nSPS) is 10.5. The van der Waals surface area contributed by atoms with Crippen molar-refractivity contribution in [3.8, 4) is 5.75 Å². The van der Waals surface area contributed by atoms with Crippen LogP contribution in [0.15, 0.2) is 28.8 Å². The Morgan fingerprint density at radius 3 is 2.80 bits per heavy atom. The fourth-order valence-corrected chi connectivity index (χ4v) is 1.84. The van der Waals surface area contributed by atoms with Crippen molar-refractivity contribution in [1.82, 2.24) is 10.5 Å². The van der Waals surface area contributed by atoms with Crippen LogP contribution in [0.2, 0.25) is 0 Å². The molecule has 0 atom stereocenters. The van der Waals surface area contributed by atoms with Crippen molar-refractivity contribution in [2.24, 2.45) is 0 Å². The standard InChI is InChI=1S/C13H15N3O4/c1-9-5-12(20-15-9)8-14-7-10-6-11(16(17)18)3-4-13(10)19-2/h3-6,14H,7-8H2,1-2H3. The van der Waals surface area contributed by atoms with Gasteiger partial charge in [-0.2, -0.15) is 0 Å². The van der Waals surface area contributed by atoms with Gasteiger partial charge in [-0.3, -0.25) is 10.1 Å². The Morgan fingerprint density at radius 2 is 2.20 bits per heavy atom. The van der Waals surface area contributed by atoms with Crippen LogP contribution in [0.4, 0.5) is 5.69 Å². The number of ether oxygens (including phenoxy) is 1. The van der Waals surface area contributed by atoms with Crippen molar-refractivity contribution in [1.29, 1.82) is 0 Å². The van der Waals surface area contributed by atoms with Gasteiger partial charge in [0.25, 0.3) is 5.69 Å². The molecule has 106 valence electrons. The molecule has 0 saturated heterocycles. The van der Waals surface area contributed by atoms with E-state index in [0.717, 1.165) is 11.3 Å². The van der Waals surface area contributed by atoms with Gasteiger partial charge < -0.3 is 14.6 Å².